The Kier molecular flexibility index (Phi) is 8.09. The van der Waals surface area contributed by atoms with Gasteiger partial charge in [0.1, 0.15) is 0 Å². The fourth-order valence-corrected chi connectivity index (χ4v) is 1.45. The van der Waals surface area contributed by atoms with E-state index in [9.17, 15) is 0 Å². The molecule has 1 aliphatic rings. The summed E-state index contributed by atoms with van der Waals surface area (Å²) in [6, 6.07) is 0. The van der Waals surface area contributed by atoms with Gasteiger partial charge < -0.3 is 15.4 Å². The van der Waals surface area contributed by atoms with Gasteiger partial charge >= 0.3 is 0 Å². The molecule has 0 bridgehead atoms. The van der Waals surface area contributed by atoms with Gasteiger partial charge in [0.05, 0.1) is 13.2 Å². The fourth-order valence-electron chi connectivity index (χ4n) is 1.45. The smallest absolute Gasteiger partial charge is 0.190 e. The average molecular weight is 341 g/mol. The fraction of sp³-hybridized carbons (Fsp3) is 0.909. The predicted molar refractivity (Wildman–Crippen MR) is 78.6 cm³/mol. The summed E-state index contributed by atoms with van der Waals surface area (Å²) in [6.07, 6.45) is 2.39. The van der Waals surface area contributed by atoms with Crippen molar-refractivity contribution in [2.75, 3.05) is 33.4 Å². The summed E-state index contributed by atoms with van der Waals surface area (Å²) in [7, 11) is 1.81. The molecule has 0 spiro atoms. The molecular weight excluding hydrogens is 317 g/mol. The first kappa shape index (κ1) is 16.0. The average Bonchev–Trinajstić information content (AvgIpc) is 2.20. The maximum absolute atomic E-state index is 5.20. The van der Waals surface area contributed by atoms with E-state index in [1.54, 1.807) is 7.05 Å². The Morgan fingerprint density at radius 3 is 2.50 bits per heavy atom. The maximum atomic E-state index is 5.20. The van der Waals surface area contributed by atoms with Gasteiger partial charge in [-0.25, -0.2) is 0 Å². The minimum Gasteiger partial charge on any atom is -0.380 e. The van der Waals surface area contributed by atoms with Crippen LogP contribution >= 0.6 is 24.0 Å². The monoisotopic (exact) mass is 341 g/mol. The number of ether oxygens (including phenoxy) is 1. The standard InChI is InChI=1S/C11H23N3O.HI/c1-4-5-6-13-10(12-3)14-7-11(2)8-15-9-11;/h4-9H2,1-3H3,(H2,12,13,14);1H. The highest BCUT2D eigenvalue weighted by Crippen LogP contribution is 2.24. The molecular formula is C11H24IN3O. The van der Waals surface area contributed by atoms with E-state index in [4.69, 9.17) is 4.74 Å². The van der Waals surface area contributed by atoms with Gasteiger partial charge in [-0.15, -0.1) is 24.0 Å². The zero-order chi connectivity index (χ0) is 11.1. The molecule has 96 valence electrons. The number of hydrogen-bond donors (Lipinski definition) is 2. The Labute approximate surface area is 116 Å². The van der Waals surface area contributed by atoms with Crippen LogP contribution in [0.15, 0.2) is 4.99 Å². The Hall–Kier alpha value is -0.0400. The van der Waals surface area contributed by atoms with Gasteiger partial charge in [-0.1, -0.05) is 20.3 Å². The van der Waals surface area contributed by atoms with E-state index >= 15 is 0 Å². The molecule has 0 amide bonds. The lowest BCUT2D eigenvalue weighted by Crippen LogP contribution is -2.51. The second-order valence-corrected chi connectivity index (χ2v) is 4.51. The van der Waals surface area contributed by atoms with Gasteiger partial charge in [0.15, 0.2) is 5.96 Å². The molecule has 0 aliphatic carbocycles. The lowest BCUT2D eigenvalue weighted by Gasteiger charge is -2.38. The van der Waals surface area contributed by atoms with Crippen LogP contribution in [0.25, 0.3) is 0 Å². The Bertz CT molecular complexity index is 217. The van der Waals surface area contributed by atoms with Crippen LogP contribution in [-0.4, -0.2) is 39.3 Å². The second kappa shape index (κ2) is 8.11. The van der Waals surface area contributed by atoms with Crippen molar-refractivity contribution in [1.29, 1.82) is 0 Å². The highest BCUT2D eigenvalue weighted by molar-refractivity contribution is 14.0. The summed E-state index contributed by atoms with van der Waals surface area (Å²) in [6.45, 7) is 8.04. The van der Waals surface area contributed by atoms with Crippen molar-refractivity contribution in [3.05, 3.63) is 0 Å². The molecule has 1 fully saturated rings. The summed E-state index contributed by atoms with van der Waals surface area (Å²) in [5.74, 6) is 0.900. The Morgan fingerprint density at radius 2 is 2.06 bits per heavy atom. The molecule has 0 atom stereocenters. The number of unbranched alkanes of at least 4 members (excludes halogenated alkanes) is 1. The van der Waals surface area contributed by atoms with Crippen LogP contribution in [0.4, 0.5) is 0 Å². The SMILES string of the molecule is CCCCNC(=NC)NCC1(C)COC1.I. The molecule has 1 aliphatic heterocycles. The molecule has 0 aromatic heterocycles. The van der Waals surface area contributed by atoms with E-state index in [-0.39, 0.29) is 24.0 Å². The van der Waals surface area contributed by atoms with Crippen molar-refractivity contribution in [1.82, 2.24) is 10.6 Å². The van der Waals surface area contributed by atoms with Crippen LogP contribution in [0.5, 0.6) is 0 Å². The van der Waals surface area contributed by atoms with Crippen molar-refractivity contribution in [2.45, 2.75) is 26.7 Å². The molecule has 16 heavy (non-hydrogen) atoms. The molecule has 5 heteroatoms. The molecule has 2 N–H and O–H groups in total. The first-order valence-electron chi connectivity index (χ1n) is 5.72. The van der Waals surface area contributed by atoms with Crippen molar-refractivity contribution in [3.63, 3.8) is 0 Å². The molecule has 0 unspecified atom stereocenters. The summed E-state index contributed by atoms with van der Waals surface area (Å²) in [4.78, 5) is 4.17. The van der Waals surface area contributed by atoms with Crippen LogP contribution in [-0.2, 0) is 4.74 Å². The highest BCUT2D eigenvalue weighted by atomic mass is 127. The molecule has 1 rings (SSSR count). The molecule has 0 radical (unpaired) electrons. The Balaban J connectivity index is 0.00000225. The van der Waals surface area contributed by atoms with Gasteiger partial charge in [-0.2, -0.15) is 0 Å². The van der Waals surface area contributed by atoms with Gasteiger partial charge in [0.2, 0.25) is 0 Å². The molecule has 1 saturated heterocycles. The number of guanidine groups is 1. The minimum atomic E-state index is 0. The number of aliphatic imine (C=N–C) groups is 1. The van der Waals surface area contributed by atoms with Crippen LogP contribution in [0.2, 0.25) is 0 Å². The third kappa shape index (κ3) is 5.34. The topological polar surface area (TPSA) is 45.7 Å². The van der Waals surface area contributed by atoms with Gasteiger partial charge in [-0.05, 0) is 6.42 Å². The maximum Gasteiger partial charge on any atom is 0.190 e. The van der Waals surface area contributed by atoms with Gasteiger partial charge in [0.25, 0.3) is 0 Å². The third-order valence-electron chi connectivity index (χ3n) is 2.63. The number of rotatable bonds is 5. The number of hydrogen-bond acceptors (Lipinski definition) is 2. The zero-order valence-corrected chi connectivity index (χ0v) is 12.8. The third-order valence-corrected chi connectivity index (χ3v) is 2.63. The van der Waals surface area contributed by atoms with Gasteiger partial charge in [-0.3, -0.25) is 4.99 Å². The summed E-state index contributed by atoms with van der Waals surface area (Å²) in [5.41, 5.74) is 0.294. The lowest BCUT2D eigenvalue weighted by atomic mass is 9.89. The van der Waals surface area contributed by atoms with E-state index in [0.717, 1.165) is 32.3 Å². The first-order chi connectivity index (χ1) is 7.20. The molecule has 4 nitrogen and oxygen atoms in total. The van der Waals surface area contributed by atoms with Crippen molar-refractivity contribution < 1.29 is 4.74 Å². The van der Waals surface area contributed by atoms with Crippen LogP contribution in [0.1, 0.15) is 26.7 Å². The predicted octanol–water partition coefficient (Wildman–Crippen LogP) is 1.61. The molecule has 0 aromatic carbocycles. The Morgan fingerprint density at radius 1 is 1.38 bits per heavy atom. The molecule has 1 heterocycles. The summed E-state index contributed by atoms with van der Waals surface area (Å²) < 4.78 is 5.20. The van der Waals surface area contributed by atoms with Crippen LogP contribution in [0, 0.1) is 5.41 Å². The number of halogens is 1. The largest absolute Gasteiger partial charge is 0.380 e. The van der Waals surface area contributed by atoms with E-state index in [0.29, 0.717) is 5.41 Å². The minimum absolute atomic E-state index is 0. The summed E-state index contributed by atoms with van der Waals surface area (Å²) >= 11 is 0. The van der Waals surface area contributed by atoms with E-state index in [2.05, 4.69) is 29.5 Å². The van der Waals surface area contributed by atoms with E-state index in [1.807, 2.05) is 0 Å². The van der Waals surface area contributed by atoms with Gasteiger partial charge in [0, 0.05) is 25.6 Å². The van der Waals surface area contributed by atoms with Crippen molar-refractivity contribution >= 4 is 29.9 Å². The van der Waals surface area contributed by atoms with E-state index in [1.165, 1.54) is 12.8 Å². The number of nitrogens with zero attached hydrogens (tertiary/aromatic N) is 1. The molecule has 0 aromatic rings. The van der Waals surface area contributed by atoms with Crippen LogP contribution < -0.4 is 10.6 Å². The van der Waals surface area contributed by atoms with Crippen LogP contribution in [0.3, 0.4) is 0 Å². The van der Waals surface area contributed by atoms with E-state index < -0.39 is 0 Å². The lowest BCUT2D eigenvalue weighted by molar-refractivity contribution is -0.0971. The van der Waals surface area contributed by atoms with Crippen molar-refractivity contribution in [2.24, 2.45) is 10.4 Å². The molecule has 0 saturated carbocycles. The second-order valence-electron chi connectivity index (χ2n) is 4.51. The number of nitrogens with one attached hydrogen (secondary N) is 2. The summed E-state index contributed by atoms with van der Waals surface area (Å²) in [5, 5.41) is 6.62. The highest BCUT2D eigenvalue weighted by Gasteiger charge is 2.33. The normalized spacial score (nSPS) is 18.3. The first-order valence-corrected chi connectivity index (χ1v) is 5.72. The quantitative estimate of drug-likeness (QED) is 0.346. The van der Waals surface area contributed by atoms with Crippen molar-refractivity contribution in [3.8, 4) is 0 Å². The zero-order valence-electron chi connectivity index (χ0n) is 10.5.